The number of anilines is 1. The van der Waals surface area contributed by atoms with Gasteiger partial charge in [-0.2, -0.15) is 27.8 Å². The molecule has 13 heteroatoms. The zero-order chi connectivity index (χ0) is 27.1. The van der Waals surface area contributed by atoms with E-state index in [4.69, 9.17) is 10.2 Å². The fourth-order valence-corrected chi connectivity index (χ4v) is 4.26. The predicted molar refractivity (Wildman–Crippen MR) is 134 cm³/mol. The highest BCUT2D eigenvalue weighted by Gasteiger charge is 2.30. The Morgan fingerprint density at radius 2 is 1.77 bits per heavy atom. The lowest BCUT2D eigenvalue weighted by atomic mass is 10.1. The molecule has 0 aliphatic heterocycles. The molecule has 6 aromatic rings. The van der Waals surface area contributed by atoms with E-state index in [1.807, 2.05) is 6.07 Å². The summed E-state index contributed by atoms with van der Waals surface area (Å²) in [6.45, 7) is 0.00992. The molecule has 0 fully saturated rings. The Bertz CT molecular complexity index is 1780. The second-order valence-electron chi connectivity index (χ2n) is 8.67. The molecule has 1 atom stereocenters. The van der Waals surface area contributed by atoms with Gasteiger partial charge in [-0.3, -0.25) is 4.79 Å². The van der Waals surface area contributed by atoms with E-state index in [1.54, 1.807) is 36.4 Å². The number of alkyl halides is 3. The van der Waals surface area contributed by atoms with Gasteiger partial charge in [0.25, 0.3) is 0 Å². The molecule has 4 heterocycles. The van der Waals surface area contributed by atoms with Crippen LogP contribution in [0.1, 0.15) is 22.7 Å². The van der Waals surface area contributed by atoms with Gasteiger partial charge in [-0.1, -0.05) is 42.5 Å². The minimum absolute atomic E-state index is 0.00992. The maximum Gasteiger partial charge on any atom is 0.416 e. The van der Waals surface area contributed by atoms with Gasteiger partial charge >= 0.3 is 6.18 Å². The quantitative estimate of drug-likeness (QED) is 0.328. The van der Waals surface area contributed by atoms with Crippen molar-refractivity contribution in [3.05, 3.63) is 95.9 Å². The maximum atomic E-state index is 13.5. The smallest absolute Gasteiger partial charge is 0.416 e. The molecule has 39 heavy (non-hydrogen) atoms. The average Bonchev–Trinajstić information content (AvgIpc) is 3.68. The fraction of sp³-hybridized carbons (Fsp3) is 0.115. The zero-order valence-corrected chi connectivity index (χ0v) is 20.0. The highest BCUT2D eigenvalue weighted by molar-refractivity contribution is 5.92. The summed E-state index contributed by atoms with van der Waals surface area (Å²) in [7, 11) is 0. The van der Waals surface area contributed by atoms with E-state index in [2.05, 4.69) is 25.5 Å². The summed E-state index contributed by atoms with van der Waals surface area (Å²) in [6.07, 6.45) is -1.41. The number of hydrogen-bond acceptors (Lipinski definition) is 7. The van der Waals surface area contributed by atoms with Crippen LogP contribution in [0.2, 0.25) is 0 Å². The number of nitrogens with one attached hydrogen (secondary N) is 1. The molecule has 0 saturated heterocycles. The standard InChI is InChI=1S/C26H19F3N8O2/c27-26(28,29)17-10-8-15(9-11-17)13-31-24(38)20(16-5-2-1-3-6-16)36-23-18(14-32-36)22-33-21(19-7-4-12-39-19)35-37(22)25(30)34-23/h1-12,14,20H,13H2,(H2,30,34)(H,31,38). The third-order valence-corrected chi connectivity index (χ3v) is 6.15. The number of nitrogens with two attached hydrogens (primary N) is 1. The van der Waals surface area contributed by atoms with Crippen LogP contribution >= 0.6 is 0 Å². The number of aromatic nitrogens is 6. The van der Waals surface area contributed by atoms with Gasteiger partial charge in [-0.15, -0.1) is 5.10 Å². The number of nitrogens with zero attached hydrogens (tertiary/aromatic N) is 6. The molecule has 0 saturated carbocycles. The van der Waals surface area contributed by atoms with Gasteiger partial charge in [0.05, 0.1) is 23.4 Å². The summed E-state index contributed by atoms with van der Waals surface area (Å²) < 4.78 is 46.9. The SMILES string of the molecule is Nc1nc2c(cnn2C(C(=O)NCc2ccc(C(F)(F)F)cc2)c2ccccc2)c2nc(-c3ccco3)nn12. The lowest BCUT2D eigenvalue weighted by Crippen LogP contribution is -2.33. The van der Waals surface area contributed by atoms with Crippen LogP contribution in [0.3, 0.4) is 0 Å². The zero-order valence-electron chi connectivity index (χ0n) is 20.0. The third kappa shape index (κ3) is 4.43. The number of hydrogen-bond donors (Lipinski definition) is 2. The molecule has 196 valence electrons. The van der Waals surface area contributed by atoms with Gasteiger partial charge in [-0.25, -0.2) is 9.67 Å². The molecule has 10 nitrogen and oxygen atoms in total. The number of carbonyl (C=O) groups is 1. The van der Waals surface area contributed by atoms with E-state index in [9.17, 15) is 18.0 Å². The van der Waals surface area contributed by atoms with Gasteiger partial charge in [-0.05, 0) is 35.4 Å². The Morgan fingerprint density at radius 1 is 1.00 bits per heavy atom. The summed E-state index contributed by atoms with van der Waals surface area (Å²) in [5.41, 5.74) is 7.25. The number of nitrogen functional groups attached to an aromatic ring is 1. The molecule has 0 radical (unpaired) electrons. The van der Waals surface area contributed by atoms with E-state index >= 15 is 0 Å². The van der Waals surface area contributed by atoms with Crippen molar-refractivity contribution in [3.63, 3.8) is 0 Å². The summed E-state index contributed by atoms with van der Waals surface area (Å²) in [4.78, 5) is 22.5. The molecular formula is C26H19F3N8O2. The first-order valence-electron chi connectivity index (χ1n) is 11.7. The lowest BCUT2D eigenvalue weighted by Gasteiger charge is -2.19. The minimum atomic E-state index is -4.44. The molecule has 0 aliphatic rings. The summed E-state index contributed by atoms with van der Waals surface area (Å²) in [5.74, 6) is 0.344. The van der Waals surface area contributed by atoms with Crippen LogP contribution in [0, 0.1) is 0 Å². The lowest BCUT2D eigenvalue weighted by molar-refractivity contribution is -0.137. The molecular weight excluding hydrogens is 513 g/mol. The van der Waals surface area contributed by atoms with Crippen molar-refractivity contribution in [1.82, 2.24) is 34.7 Å². The molecule has 0 bridgehead atoms. The summed E-state index contributed by atoms with van der Waals surface area (Å²) in [6, 6.07) is 16.0. The van der Waals surface area contributed by atoms with E-state index in [-0.39, 0.29) is 12.5 Å². The first-order valence-corrected chi connectivity index (χ1v) is 11.7. The van der Waals surface area contributed by atoms with Gasteiger partial charge < -0.3 is 15.5 Å². The number of amides is 1. The molecule has 3 N–H and O–H groups in total. The van der Waals surface area contributed by atoms with Gasteiger partial charge in [0, 0.05) is 6.54 Å². The van der Waals surface area contributed by atoms with Crippen LogP contribution in [0.25, 0.3) is 28.3 Å². The number of benzene rings is 2. The Kier molecular flexibility index (Phi) is 5.74. The van der Waals surface area contributed by atoms with Crippen molar-refractivity contribution in [3.8, 4) is 11.6 Å². The summed E-state index contributed by atoms with van der Waals surface area (Å²) in [5, 5.41) is 12.1. The number of furan rings is 1. The third-order valence-electron chi connectivity index (χ3n) is 6.15. The summed E-state index contributed by atoms with van der Waals surface area (Å²) >= 11 is 0. The highest BCUT2D eigenvalue weighted by atomic mass is 19.4. The van der Waals surface area contributed by atoms with Gasteiger partial charge in [0.1, 0.15) is 0 Å². The van der Waals surface area contributed by atoms with Gasteiger partial charge in [0.15, 0.2) is 23.1 Å². The van der Waals surface area contributed by atoms with Crippen LogP contribution in [0.15, 0.2) is 83.6 Å². The molecule has 0 spiro atoms. The molecule has 0 aliphatic carbocycles. The first kappa shape index (κ1) is 24.2. The molecule has 1 amide bonds. The Balaban J connectivity index is 1.37. The van der Waals surface area contributed by atoms with Crippen molar-refractivity contribution in [1.29, 1.82) is 0 Å². The first-order chi connectivity index (χ1) is 18.8. The van der Waals surface area contributed by atoms with Crippen LogP contribution < -0.4 is 11.1 Å². The van der Waals surface area contributed by atoms with Crippen LogP contribution in [-0.4, -0.2) is 35.3 Å². The Morgan fingerprint density at radius 3 is 2.46 bits per heavy atom. The largest absolute Gasteiger partial charge is 0.461 e. The minimum Gasteiger partial charge on any atom is -0.461 e. The molecule has 4 aromatic heterocycles. The van der Waals surface area contributed by atoms with E-state index < -0.39 is 23.7 Å². The number of halogens is 3. The topological polar surface area (TPSA) is 129 Å². The second kappa shape index (κ2) is 9.28. The van der Waals surface area contributed by atoms with Gasteiger partial charge in [0.2, 0.25) is 17.7 Å². The Hall–Kier alpha value is -5.20. The number of fused-ring (bicyclic) bond motifs is 3. The van der Waals surface area contributed by atoms with Crippen molar-refractivity contribution in [2.45, 2.75) is 18.8 Å². The monoisotopic (exact) mass is 532 g/mol. The number of carbonyl (C=O) groups excluding carboxylic acids is 1. The van der Waals surface area contributed by atoms with Crippen LogP contribution in [0.4, 0.5) is 19.1 Å². The normalized spacial score (nSPS) is 12.7. The second-order valence-corrected chi connectivity index (χ2v) is 8.67. The van der Waals surface area contributed by atoms with Crippen molar-refractivity contribution in [2.75, 3.05) is 5.73 Å². The molecule has 2 aromatic carbocycles. The Labute approximate surface area is 217 Å². The average molecular weight is 532 g/mol. The van der Waals surface area contributed by atoms with Crippen molar-refractivity contribution in [2.24, 2.45) is 0 Å². The molecule has 1 unspecified atom stereocenters. The maximum absolute atomic E-state index is 13.5. The van der Waals surface area contributed by atoms with Crippen LogP contribution in [0.5, 0.6) is 0 Å². The highest BCUT2D eigenvalue weighted by Crippen LogP contribution is 2.30. The van der Waals surface area contributed by atoms with Crippen molar-refractivity contribution >= 4 is 28.5 Å². The van der Waals surface area contributed by atoms with Crippen LogP contribution in [-0.2, 0) is 17.5 Å². The fourth-order valence-electron chi connectivity index (χ4n) is 4.26. The number of rotatable bonds is 6. The predicted octanol–water partition coefficient (Wildman–Crippen LogP) is 4.24. The van der Waals surface area contributed by atoms with E-state index in [1.165, 1.54) is 33.8 Å². The van der Waals surface area contributed by atoms with E-state index in [0.29, 0.717) is 39.4 Å². The molecule has 6 rings (SSSR count). The van der Waals surface area contributed by atoms with Crippen molar-refractivity contribution < 1.29 is 22.4 Å². The van der Waals surface area contributed by atoms with E-state index in [0.717, 1.165) is 12.1 Å².